The van der Waals surface area contributed by atoms with Gasteiger partial charge in [-0.1, -0.05) is 5.16 Å². The minimum atomic E-state index is -0.0232. The van der Waals surface area contributed by atoms with E-state index in [1.54, 1.807) is 0 Å². The Morgan fingerprint density at radius 1 is 1.29 bits per heavy atom. The van der Waals surface area contributed by atoms with E-state index in [-0.39, 0.29) is 18.5 Å². The molecule has 0 aliphatic carbocycles. The standard InChI is InChI=1S/C13H17N5O2.ClH/c1-2-11(19-5-1)12-15-13(20-18-12)10-6-9(16-17-10)8-3-4-14-7-8;/h6,8,11,14H,1-5,7H2,(H,16,17);1H. The highest BCUT2D eigenvalue weighted by molar-refractivity contribution is 5.85. The molecule has 114 valence electrons. The first-order valence-corrected chi connectivity index (χ1v) is 7.12. The zero-order valence-electron chi connectivity index (χ0n) is 11.5. The summed E-state index contributed by atoms with van der Waals surface area (Å²) < 4.78 is 10.9. The lowest BCUT2D eigenvalue weighted by atomic mass is 10.1. The van der Waals surface area contributed by atoms with Crippen LogP contribution in [0.5, 0.6) is 0 Å². The molecule has 4 rings (SSSR count). The molecule has 7 nitrogen and oxygen atoms in total. The molecular weight excluding hydrogens is 294 g/mol. The molecular formula is C13H18ClN5O2. The van der Waals surface area contributed by atoms with Gasteiger partial charge in [-0.2, -0.15) is 10.1 Å². The number of H-pyrrole nitrogens is 1. The summed E-state index contributed by atoms with van der Waals surface area (Å²) in [5.74, 6) is 1.59. The second kappa shape index (κ2) is 6.13. The van der Waals surface area contributed by atoms with E-state index in [2.05, 4.69) is 25.7 Å². The van der Waals surface area contributed by atoms with E-state index in [0.29, 0.717) is 23.3 Å². The number of hydrogen-bond acceptors (Lipinski definition) is 6. The first-order valence-electron chi connectivity index (χ1n) is 7.12. The van der Waals surface area contributed by atoms with Crippen LogP contribution in [0.3, 0.4) is 0 Å². The minimum Gasteiger partial charge on any atom is -0.370 e. The Hall–Kier alpha value is -1.44. The first kappa shape index (κ1) is 14.5. The Morgan fingerprint density at radius 3 is 3.00 bits per heavy atom. The maximum atomic E-state index is 5.55. The van der Waals surface area contributed by atoms with Crippen LogP contribution in [0.1, 0.15) is 42.8 Å². The van der Waals surface area contributed by atoms with Crippen molar-refractivity contribution in [3.05, 3.63) is 17.6 Å². The summed E-state index contributed by atoms with van der Waals surface area (Å²) in [6.45, 7) is 2.82. The number of halogens is 1. The third kappa shape index (κ3) is 2.81. The molecule has 2 unspecified atom stereocenters. The van der Waals surface area contributed by atoms with Crippen molar-refractivity contribution in [2.45, 2.75) is 31.3 Å². The number of nitrogens with one attached hydrogen (secondary N) is 2. The van der Waals surface area contributed by atoms with Gasteiger partial charge in [0.05, 0.1) is 0 Å². The summed E-state index contributed by atoms with van der Waals surface area (Å²) in [5.41, 5.74) is 1.84. The van der Waals surface area contributed by atoms with Crippen LogP contribution in [0.4, 0.5) is 0 Å². The largest absolute Gasteiger partial charge is 0.370 e. The molecule has 2 fully saturated rings. The lowest BCUT2D eigenvalue weighted by Gasteiger charge is -2.02. The number of rotatable bonds is 3. The van der Waals surface area contributed by atoms with Gasteiger partial charge in [-0.3, -0.25) is 5.10 Å². The van der Waals surface area contributed by atoms with E-state index in [1.807, 2.05) is 6.07 Å². The molecule has 2 N–H and O–H groups in total. The molecule has 0 bridgehead atoms. The summed E-state index contributed by atoms with van der Waals surface area (Å²) in [6.07, 6.45) is 3.12. The summed E-state index contributed by atoms with van der Waals surface area (Å²) in [5, 5.41) is 14.7. The van der Waals surface area contributed by atoms with Gasteiger partial charge in [0, 0.05) is 24.8 Å². The van der Waals surface area contributed by atoms with Gasteiger partial charge >= 0.3 is 0 Å². The van der Waals surface area contributed by atoms with Gasteiger partial charge in [-0.15, -0.1) is 12.4 Å². The summed E-state index contributed by atoms with van der Waals surface area (Å²) >= 11 is 0. The monoisotopic (exact) mass is 311 g/mol. The number of nitrogens with zero attached hydrogens (tertiary/aromatic N) is 3. The van der Waals surface area contributed by atoms with Crippen molar-refractivity contribution in [2.75, 3.05) is 19.7 Å². The molecule has 2 atom stereocenters. The quantitative estimate of drug-likeness (QED) is 0.898. The predicted molar refractivity (Wildman–Crippen MR) is 77.3 cm³/mol. The zero-order valence-corrected chi connectivity index (χ0v) is 12.4. The number of aromatic nitrogens is 4. The third-order valence-corrected chi connectivity index (χ3v) is 3.98. The van der Waals surface area contributed by atoms with Crippen molar-refractivity contribution >= 4 is 12.4 Å². The molecule has 2 aromatic rings. The van der Waals surface area contributed by atoms with E-state index < -0.39 is 0 Å². The highest BCUT2D eigenvalue weighted by atomic mass is 35.5. The van der Waals surface area contributed by atoms with Gasteiger partial charge in [0.15, 0.2) is 5.69 Å². The van der Waals surface area contributed by atoms with Crippen LogP contribution in [-0.4, -0.2) is 40.0 Å². The lowest BCUT2D eigenvalue weighted by Crippen LogP contribution is -2.08. The average Bonchev–Trinajstić information content (AvgIpc) is 3.22. The van der Waals surface area contributed by atoms with E-state index in [4.69, 9.17) is 9.26 Å². The predicted octanol–water partition coefficient (Wildman–Crippen LogP) is 1.81. The molecule has 21 heavy (non-hydrogen) atoms. The fourth-order valence-electron chi connectivity index (χ4n) is 2.83. The van der Waals surface area contributed by atoms with Gasteiger partial charge in [0.1, 0.15) is 6.10 Å². The van der Waals surface area contributed by atoms with E-state index in [1.165, 1.54) is 0 Å². The molecule has 2 saturated heterocycles. The van der Waals surface area contributed by atoms with Gasteiger partial charge in [0.2, 0.25) is 5.82 Å². The van der Waals surface area contributed by atoms with Crippen LogP contribution in [0.25, 0.3) is 11.6 Å². The third-order valence-electron chi connectivity index (χ3n) is 3.98. The maximum Gasteiger partial charge on any atom is 0.278 e. The maximum absolute atomic E-state index is 5.55. The lowest BCUT2D eigenvalue weighted by molar-refractivity contribution is 0.103. The topological polar surface area (TPSA) is 88.9 Å². The molecule has 2 aliphatic heterocycles. The van der Waals surface area contributed by atoms with Crippen LogP contribution in [0.2, 0.25) is 0 Å². The highest BCUT2D eigenvalue weighted by Gasteiger charge is 2.25. The number of aromatic amines is 1. The van der Waals surface area contributed by atoms with Crippen LogP contribution in [0, 0.1) is 0 Å². The van der Waals surface area contributed by atoms with Crippen molar-refractivity contribution in [3.8, 4) is 11.6 Å². The first-order chi connectivity index (χ1) is 9.90. The summed E-state index contributed by atoms with van der Waals surface area (Å²) in [6, 6.07) is 2.00. The van der Waals surface area contributed by atoms with Gasteiger partial charge in [-0.25, -0.2) is 0 Å². The second-order valence-corrected chi connectivity index (χ2v) is 5.36. The van der Waals surface area contributed by atoms with E-state index in [0.717, 1.165) is 44.7 Å². The van der Waals surface area contributed by atoms with Crippen molar-refractivity contribution < 1.29 is 9.26 Å². The van der Waals surface area contributed by atoms with Crippen LogP contribution >= 0.6 is 12.4 Å². The Labute approximate surface area is 128 Å². The molecule has 4 heterocycles. The smallest absolute Gasteiger partial charge is 0.278 e. The van der Waals surface area contributed by atoms with Gasteiger partial charge in [-0.05, 0) is 31.9 Å². The Morgan fingerprint density at radius 2 is 2.24 bits per heavy atom. The Bertz CT molecular complexity index is 535. The molecule has 0 saturated carbocycles. The molecule has 0 aromatic carbocycles. The van der Waals surface area contributed by atoms with Gasteiger partial charge < -0.3 is 14.6 Å². The highest BCUT2D eigenvalue weighted by Crippen LogP contribution is 2.29. The SMILES string of the molecule is Cl.c1c(-c2nc(C3CCCO3)no2)n[nH]c1C1CCNC1. The summed E-state index contributed by atoms with van der Waals surface area (Å²) in [4.78, 5) is 4.40. The van der Waals surface area contributed by atoms with Crippen LogP contribution in [-0.2, 0) is 4.74 Å². The molecule has 2 aromatic heterocycles. The molecule has 2 aliphatic rings. The fourth-order valence-corrected chi connectivity index (χ4v) is 2.83. The van der Waals surface area contributed by atoms with Crippen LogP contribution < -0.4 is 5.32 Å². The van der Waals surface area contributed by atoms with E-state index >= 15 is 0 Å². The fraction of sp³-hybridized carbons (Fsp3) is 0.615. The summed E-state index contributed by atoms with van der Waals surface area (Å²) in [7, 11) is 0. The Balaban J connectivity index is 0.00000132. The van der Waals surface area contributed by atoms with Crippen molar-refractivity contribution in [1.82, 2.24) is 25.7 Å². The van der Waals surface area contributed by atoms with E-state index in [9.17, 15) is 0 Å². The number of ether oxygens (including phenoxy) is 1. The molecule has 0 amide bonds. The molecule has 0 radical (unpaired) electrons. The van der Waals surface area contributed by atoms with Crippen molar-refractivity contribution in [3.63, 3.8) is 0 Å². The molecule has 0 spiro atoms. The van der Waals surface area contributed by atoms with Gasteiger partial charge in [0.25, 0.3) is 5.89 Å². The normalized spacial score (nSPS) is 25.1. The van der Waals surface area contributed by atoms with Crippen LogP contribution in [0.15, 0.2) is 10.6 Å². The Kier molecular flexibility index (Phi) is 4.23. The number of hydrogen-bond donors (Lipinski definition) is 2. The minimum absolute atomic E-state index is 0. The van der Waals surface area contributed by atoms with Crippen molar-refractivity contribution in [1.29, 1.82) is 0 Å². The molecule has 8 heteroatoms. The van der Waals surface area contributed by atoms with Crippen molar-refractivity contribution in [2.24, 2.45) is 0 Å². The second-order valence-electron chi connectivity index (χ2n) is 5.36. The zero-order chi connectivity index (χ0) is 13.4. The average molecular weight is 312 g/mol.